The van der Waals surface area contributed by atoms with E-state index in [4.69, 9.17) is 4.74 Å². The van der Waals surface area contributed by atoms with Crippen molar-refractivity contribution < 1.29 is 9.13 Å². The van der Waals surface area contributed by atoms with Crippen LogP contribution < -0.4 is 5.32 Å². The number of rotatable bonds is 6. The molecule has 2 aromatic heterocycles. The van der Waals surface area contributed by atoms with Crippen LogP contribution in [0.2, 0.25) is 0 Å². The van der Waals surface area contributed by atoms with Gasteiger partial charge in [-0.15, -0.1) is 0 Å². The molecule has 7 heteroatoms. The molecule has 6 nitrogen and oxygen atoms in total. The Hall–Kier alpha value is -2.54. The van der Waals surface area contributed by atoms with Gasteiger partial charge in [-0.05, 0) is 37.0 Å². The Balaban J connectivity index is 1.44. The lowest BCUT2D eigenvalue weighted by molar-refractivity contribution is 0.0978. The van der Waals surface area contributed by atoms with E-state index in [1.807, 2.05) is 4.57 Å². The van der Waals surface area contributed by atoms with Crippen LogP contribution >= 0.6 is 0 Å². The van der Waals surface area contributed by atoms with E-state index in [1.165, 1.54) is 12.1 Å². The summed E-state index contributed by atoms with van der Waals surface area (Å²) < 4.78 is 20.7. The Morgan fingerprint density at radius 2 is 2.08 bits per heavy atom. The number of fused-ring (bicyclic) bond motifs is 1. The Labute approximate surface area is 145 Å². The van der Waals surface area contributed by atoms with E-state index in [0.29, 0.717) is 6.54 Å². The molecule has 1 unspecified atom stereocenters. The molecule has 25 heavy (non-hydrogen) atoms. The first kappa shape index (κ1) is 16.0. The molecule has 3 heterocycles. The van der Waals surface area contributed by atoms with Crippen molar-refractivity contribution >= 4 is 17.0 Å². The van der Waals surface area contributed by atoms with Crippen molar-refractivity contribution in [3.63, 3.8) is 0 Å². The summed E-state index contributed by atoms with van der Waals surface area (Å²) in [6, 6.07) is 6.54. The Morgan fingerprint density at radius 1 is 1.20 bits per heavy atom. The lowest BCUT2D eigenvalue weighted by atomic mass is 10.1. The summed E-state index contributed by atoms with van der Waals surface area (Å²) in [5.41, 5.74) is 2.65. The van der Waals surface area contributed by atoms with Crippen molar-refractivity contribution in [1.29, 1.82) is 0 Å². The smallest absolute Gasteiger partial charge is 0.165 e. The van der Waals surface area contributed by atoms with Crippen LogP contribution in [0.3, 0.4) is 0 Å². The average Bonchev–Trinajstić information content (AvgIpc) is 3.28. The molecule has 4 rings (SSSR count). The van der Waals surface area contributed by atoms with Gasteiger partial charge in [-0.2, -0.15) is 0 Å². The molecule has 1 atom stereocenters. The molecule has 0 aliphatic carbocycles. The van der Waals surface area contributed by atoms with E-state index in [1.54, 1.807) is 24.8 Å². The highest BCUT2D eigenvalue weighted by atomic mass is 19.1. The lowest BCUT2D eigenvalue weighted by Crippen LogP contribution is -2.14. The van der Waals surface area contributed by atoms with Crippen molar-refractivity contribution in [2.45, 2.75) is 31.9 Å². The lowest BCUT2D eigenvalue weighted by Gasteiger charge is -2.10. The number of benzene rings is 1. The SMILES string of the molecule is Fc1ccc(CCNc2ncnc3c2ncn3CC2CCCO2)cc1. The largest absolute Gasteiger partial charge is 0.376 e. The molecular weight excluding hydrogens is 321 g/mol. The standard InChI is InChI=1S/C18H20FN5O/c19-14-5-3-13(4-6-14)7-8-20-17-16-18(22-11-21-17)24(12-23-16)10-15-2-1-9-25-15/h3-6,11-12,15H,1-2,7-10H2,(H,20,21,22). The number of anilines is 1. The third-order valence-electron chi connectivity index (χ3n) is 4.44. The second kappa shape index (κ2) is 7.14. The van der Waals surface area contributed by atoms with Gasteiger partial charge < -0.3 is 14.6 Å². The summed E-state index contributed by atoms with van der Waals surface area (Å²) in [6.07, 6.45) is 6.56. The summed E-state index contributed by atoms with van der Waals surface area (Å²) in [4.78, 5) is 13.1. The van der Waals surface area contributed by atoms with Crippen molar-refractivity contribution in [3.05, 3.63) is 48.3 Å². The summed E-state index contributed by atoms with van der Waals surface area (Å²) >= 11 is 0. The first-order chi connectivity index (χ1) is 12.3. The quantitative estimate of drug-likeness (QED) is 0.747. The molecule has 1 N–H and O–H groups in total. The van der Waals surface area contributed by atoms with Gasteiger partial charge in [-0.25, -0.2) is 19.3 Å². The summed E-state index contributed by atoms with van der Waals surface area (Å²) in [7, 11) is 0. The fourth-order valence-electron chi connectivity index (χ4n) is 3.13. The molecule has 130 valence electrons. The third-order valence-corrected chi connectivity index (χ3v) is 4.44. The van der Waals surface area contributed by atoms with Crippen LogP contribution in [-0.4, -0.2) is 38.8 Å². The maximum Gasteiger partial charge on any atom is 0.165 e. The van der Waals surface area contributed by atoms with E-state index >= 15 is 0 Å². The van der Waals surface area contributed by atoms with Gasteiger partial charge >= 0.3 is 0 Å². The van der Waals surface area contributed by atoms with Crippen molar-refractivity contribution in [1.82, 2.24) is 19.5 Å². The van der Waals surface area contributed by atoms with Gasteiger partial charge in [0.2, 0.25) is 0 Å². The van der Waals surface area contributed by atoms with E-state index in [2.05, 4.69) is 20.3 Å². The molecule has 0 spiro atoms. The zero-order valence-corrected chi connectivity index (χ0v) is 13.9. The molecule has 0 amide bonds. The number of hydrogen-bond donors (Lipinski definition) is 1. The predicted molar refractivity (Wildman–Crippen MR) is 92.9 cm³/mol. The Morgan fingerprint density at radius 3 is 2.88 bits per heavy atom. The Kier molecular flexibility index (Phi) is 4.56. The minimum atomic E-state index is -0.217. The Bertz CT molecular complexity index is 842. The van der Waals surface area contributed by atoms with E-state index < -0.39 is 0 Å². The fraction of sp³-hybridized carbons (Fsp3) is 0.389. The molecule has 1 aliphatic rings. The van der Waals surface area contributed by atoms with Crippen LogP contribution in [0.5, 0.6) is 0 Å². The van der Waals surface area contributed by atoms with Crippen LogP contribution in [0.4, 0.5) is 10.2 Å². The topological polar surface area (TPSA) is 64.9 Å². The summed E-state index contributed by atoms with van der Waals surface area (Å²) in [5.74, 6) is 0.504. The number of ether oxygens (including phenoxy) is 1. The molecule has 1 fully saturated rings. The second-order valence-corrected chi connectivity index (χ2v) is 6.23. The second-order valence-electron chi connectivity index (χ2n) is 6.23. The number of nitrogens with one attached hydrogen (secondary N) is 1. The van der Waals surface area contributed by atoms with Crippen LogP contribution in [0.25, 0.3) is 11.2 Å². The molecule has 0 radical (unpaired) electrons. The van der Waals surface area contributed by atoms with Crippen LogP contribution in [0.15, 0.2) is 36.9 Å². The van der Waals surface area contributed by atoms with E-state index in [0.717, 1.165) is 55.0 Å². The molecule has 3 aromatic rings. The maximum atomic E-state index is 12.9. The van der Waals surface area contributed by atoms with Gasteiger partial charge in [0.25, 0.3) is 0 Å². The van der Waals surface area contributed by atoms with Gasteiger partial charge in [-0.1, -0.05) is 12.1 Å². The maximum absolute atomic E-state index is 12.9. The highest BCUT2D eigenvalue weighted by Crippen LogP contribution is 2.20. The first-order valence-corrected chi connectivity index (χ1v) is 8.55. The zero-order valence-electron chi connectivity index (χ0n) is 13.9. The number of hydrogen-bond acceptors (Lipinski definition) is 5. The van der Waals surface area contributed by atoms with Crippen LogP contribution in [-0.2, 0) is 17.7 Å². The number of halogens is 1. The normalized spacial score (nSPS) is 17.2. The number of nitrogens with zero attached hydrogens (tertiary/aromatic N) is 4. The van der Waals surface area contributed by atoms with Gasteiger partial charge in [0.15, 0.2) is 11.5 Å². The van der Waals surface area contributed by atoms with Crippen LogP contribution in [0, 0.1) is 5.82 Å². The molecule has 1 aromatic carbocycles. The van der Waals surface area contributed by atoms with E-state index in [9.17, 15) is 4.39 Å². The fourth-order valence-corrected chi connectivity index (χ4v) is 3.13. The highest BCUT2D eigenvalue weighted by Gasteiger charge is 2.18. The molecule has 0 saturated carbocycles. The van der Waals surface area contributed by atoms with Gasteiger partial charge in [0.1, 0.15) is 17.7 Å². The predicted octanol–water partition coefficient (Wildman–Crippen LogP) is 2.80. The molecule has 1 saturated heterocycles. The monoisotopic (exact) mass is 341 g/mol. The minimum Gasteiger partial charge on any atom is -0.376 e. The van der Waals surface area contributed by atoms with Gasteiger partial charge in [0, 0.05) is 13.2 Å². The highest BCUT2D eigenvalue weighted by molar-refractivity contribution is 5.82. The summed E-state index contributed by atoms with van der Waals surface area (Å²) in [5, 5.41) is 3.31. The number of aromatic nitrogens is 4. The molecule has 1 aliphatic heterocycles. The minimum absolute atomic E-state index is 0.217. The van der Waals surface area contributed by atoms with Gasteiger partial charge in [0.05, 0.1) is 19.0 Å². The van der Waals surface area contributed by atoms with Crippen molar-refractivity contribution in [2.24, 2.45) is 0 Å². The number of imidazole rings is 1. The zero-order chi connectivity index (χ0) is 17.1. The van der Waals surface area contributed by atoms with Crippen molar-refractivity contribution in [2.75, 3.05) is 18.5 Å². The summed E-state index contributed by atoms with van der Waals surface area (Å²) in [6.45, 7) is 2.29. The first-order valence-electron chi connectivity index (χ1n) is 8.55. The molecule has 0 bridgehead atoms. The third kappa shape index (κ3) is 3.61. The molecular formula is C18H20FN5O. The van der Waals surface area contributed by atoms with Crippen LogP contribution in [0.1, 0.15) is 18.4 Å². The average molecular weight is 341 g/mol. The van der Waals surface area contributed by atoms with Crippen molar-refractivity contribution in [3.8, 4) is 0 Å². The van der Waals surface area contributed by atoms with Gasteiger partial charge in [-0.3, -0.25) is 0 Å². The van der Waals surface area contributed by atoms with E-state index in [-0.39, 0.29) is 11.9 Å².